The zero-order valence-electron chi connectivity index (χ0n) is 10.1. The predicted molar refractivity (Wildman–Crippen MR) is 74.4 cm³/mol. The Bertz CT molecular complexity index is 572. The van der Waals surface area contributed by atoms with E-state index in [0.29, 0.717) is 23.1 Å². The van der Waals surface area contributed by atoms with Gasteiger partial charge in [-0.1, -0.05) is 12.1 Å². The molecule has 2 rings (SSSR count). The Kier molecular flexibility index (Phi) is 4.63. The molecule has 3 nitrogen and oxygen atoms in total. The number of halogens is 2. The van der Waals surface area contributed by atoms with Crippen molar-refractivity contribution in [2.75, 3.05) is 6.54 Å². The fourth-order valence-electron chi connectivity index (χ4n) is 1.62. The minimum absolute atomic E-state index is 0.179. The molecule has 1 amide bonds. The van der Waals surface area contributed by atoms with Crippen molar-refractivity contribution in [2.24, 2.45) is 0 Å². The maximum absolute atomic E-state index is 12.7. The topological polar surface area (TPSA) is 42.0 Å². The molecule has 1 aromatic heterocycles. The molecule has 0 saturated heterocycles. The fraction of sp³-hybridized carbons (Fsp3) is 0.143. The molecule has 1 heterocycles. The van der Waals surface area contributed by atoms with Crippen LogP contribution < -0.4 is 5.32 Å². The molecule has 0 fully saturated rings. The van der Waals surface area contributed by atoms with Gasteiger partial charge in [-0.2, -0.15) is 0 Å². The Morgan fingerprint density at radius 2 is 2.00 bits per heavy atom. The van der Waals surface area contributed by atoms with E-state index in [1.807, 2.05) is 0 Å². The van der Waals surface area contributed by atoms with E-state index in [0.717, 1.165) is 5.56 Å². The first-order valence-corrected chi connectivity index (χ1v) is 6.59. The SMILES string of the molecule is O=C(NCCc1ccc(F)cc1)c1cccnc1Br. The van der Waals surface area contributed by atoms with Gasteiger partial charge < -0.3 is 5.32 Å². The number of nitrogens with zero attached hydrogens (tertiary/aromatic N) is 1. The van der Waals surface area contributed by atoms with Crippen molar-refractivity contribution >= 4 is 21.8 Å². The van der Waals surface area contributed by atoms with Gasteiger partial charge in [0.1, 0.15) is 10.4 Å². The van der Waals surface area contributed by atoms with Gasteiger partial charge in [-0.25, -0.2) is 9.37 Å². The standard InChI is InChI=1S/C14H12BrFN2O/c15-13-12(2-1-8-17-13)14(19)18-9-7-10-3-5-11(16)6-4-10/h1-6,8H,7,9H2,(H,18,19). The second-order valence-corrected chi connectivity index (χ2v) is 4.73. The Morgan fingerprint density at radius 1 is 1.26 bits per heavy atom. The molecule has 2 aromatic rings. The normalized spacial score (nSPS) is 10.2. The molecule has 5 heteroatoms. The molecule has 1 aromatic carbocycles. The molecule has 0 aliphatic carbocycles. The summed E-state index contributed by atoms with van der Waals surface area (Å²) in [5.74, 6) is -0.436. The minimum atomic E-state index is -0.257. The molecule has 0 radical (unpaired) electrons. The molecular formula is C14H12BrFN2O. The largest absolute Gasteiger partial charge is 0.352 e. The number of hydrogen-bond donors (Lipinski definition) is 1. The quantitative estimate of drug-likeness (QED) is 0.879. The van der Waals surface area contributed by atoms with E-state index in [-0.39, 0.29) is 11.7 Å². The second kappa shape index (κ2) is 6.43. The third kappa shape index (κ3) is 3.86. The van der Waals surface area contributed by atoms with Gasteiger partial charge in [-0.15, -0.1) is 0 Å². The summed E-state index contributed by atoms with van der Waals surface area (Å²) in [4.78, 5) is 15.9. The van der Waals surface area contributed by atoms with Crippen LogP contribution in [-0.2, 0) is 6.42 Å². The van der Waals surface area contributed by atoms with Crippen LogP contribution in [0.1, 0.15) is 15.9 Å². The Morgan fingerprint density at radius 3 is 2.68 bits per heavy atom. The average molecular weight is 323 g/mol. The van der Waals surface area contributed by atoms with Gasteiger partial charge in [0.2, 0.25) is 0 Å². The summed E-state index contributed by atoms with van der Waals surface area (Å²) in [5.41, 5.74) is 1.48. The zero-order chi connectivity index (χ0) is 13.7. The number of carbonyl (C=O) groups is 1. The predicted octanol–water partition coefficient (Wildman–Crippen LogP) is 2.96. The third-order valence-electron chi connectivity index (χ3n) is 2.62. The lowest BCUT2D eigenvalue weighted by molar-refractivity contribution is 0.0953. The number of amides is 1. The molecule has 0 aliphatic heterocycles. The van der Waals surface area contributed by atoms with Gasteiger partial charge in [0.15, 0.2) is 0 Å². The lowest BCUT2D eigenvalue weighted by Gasteiger charge is -2.06. The fourth-order valence-corrected chi connectivity index (χ4v) is 2.05. The van der Waals surface area contributed by atoms with Crippen molar-refractivity contribution in [1.82, 2.24) is 10.3 Å². The van der Waals surface area contributed by atoms with E-state index in [2.05, 4.69) is 26.2 Å². The Hall–Kier alpha value is -1.75. The van der Waals surface area contributed by atoms with Crippen LogP contribution in [0.4, 0.5) is 4.39 Å². The molecule has 0 saturated carbocycles. The average Bonchev–Trinajstić information content (AvgIpc) is 2.41. The highest BCUT2D eigenvalue weighted by Gasteiger charge is 2.09. The Labute approximate surface area is 119 Å². The number of carbonyl (C=O) groups excluding carboxylic acids is 1. The van der Waals surface area contributed by atoms with Crippen LogP contribution in [-0.4, -0.2) is 17.4 Å². The highest BCUT2D eigenvalue weighted by molar-refractivity contribution is 9.10. The molecule has 0 atom stereocenters. The van der Waals surface area contributed by atoms with Gasteiger partial charge in [0.05, 0.1) is 5.56 Å². The summed E-state index contributed by atoms with van der Waals surface area (Å²) in [6, 6.07) is 9.65. The molecule has 1 N–H and O–H groups in total. The van der Waals surface area contributed by atoms with Gasteiger partial charge in [-0.05, 0) is 52.2 Å². The van der Waals surface area contributed by atoms with Crippen LogP contribution in [0.15, 0.2) is 47.2 Å². The van der Waals surface area contributed by atoms with E-state index in [1.165, 1.54) is 12.1 Å². The summed E-state index contributed by atoms with van der Waals surface area (Å²) < 4.78 is 13.2. The summed E-state index contributed by atoms with van der Waals surface area (Å²) >= 11 is 3.23. The van der Waals surface area contributed by atoms with E-state index in [9.17, 15) is 9.18 Å². The van der Waals surface area contributed by atoms with E-state index >= 15 is 0 Å². The van der Waals surface area contributed by atoms with Crippen molar-refractivity contribution in [3.63, 3.8) is 0 Å². The van der Waals surface area contributed by atoms with E-state index < -0.39 is 0 Å². The molecule has 0 aliphatic rings. The summed E-state index contributed by atoms with van der Waals surface area (Å²) in [6.07, 6.45) is 2.27. The summed E-state index contributed by atoms with van der Waals surface area (Å²) in [7, 11) is 0. The Balaban J connectivity index is 1.88. The first kappa shape index (κ1) is 13.7. The van der Waals surface area contributed by atoms with Gasteiger partial charge in [0, 0.05) is 12.7 Å². The number of pyridine rings is 1. The van der Waals surface area contributed by atoms with Crippen LogP contribution in [0.5, 0.6) is 0 Å². The number of benzene rings is 1. The first-order chi connectivity index (χ1) is 9.16. The smallest absolute Gasteiger partial charge is 0.254 e. The van der Waals surface area contributed by atoms with Crippen LogP contribution in [0.2, 0.25) is 0 Å². The molecular weight excluding hydrogens is 311 g/mol. The van der Waals surface area contributed by atoms with Crippen LogP contribution in [0.25, 0.3) is 0 Å². The summed E-state index contributed by atoms with van der Waals surface area (Å²) in [6.45, 7) is 0.492. The van der Waals surface area contributed by atoms with Crippen molar-refractivity contribution < 1.29 is 9.18 Å². The molecule has 98 valence electrons. The highest BCUT2D eigenvalue weighted by atomic mass is 79.9. The number of nitrogens with one attached hydrogen (secondary N) is 1. The number of rotatable bonds is 4. The van der Waals surface area contributed by atoms with Crippen LogP contribution in [0.3, 0.4) is 0 Å². The van der Waals surface area contributed by atoms with Crippen LogP contribution >= 0.6 is 15.9 Å². The van der Waals surface area contributed by atoms with Crippen molar-refractivity contribution in [1.29, 1.82) is 0 Å². The highest BCUT2D eigenvalue weighted by Crippen LogP contribution is 2.12. The summed E-state index contributed by atoms with van der Waals surface area (Å²) in [5, 5.41) is 2.80. The van der Waals surface area contributed by atoms with Crippen molar-refractivity contribution in [3.8, 4) is 0 Å². The monoisotopic (exact) mass is 322 g/mol. The van der Waals surface area contributed by atoms with Gasteiger partial charge in [0.25, 0.3) is 5.91 Å². The maximum Gasteiger partial charge on any atom is 0.254 e. The minimum Gasteiger partial charge on any atom is -0.352 e. The van der Waals surface area contributed by atoms with E-state index in [1.54, 1.807) is 30.5 Å². The number of aromatic nitrogens is 1. The lowest BCUT2D eigenvalue weighted by atomic mass is 10.1. The van der Waals surface area contributed by atoms with Crippen molar-refractivity contribution in [2.45, 2.75) is 6.42 Å². The first-order valence-electron chi connectivity index (χ1n) is 5.80. The third-order valence-corrected chi connectivity index (χ3v) is 3.25. The molecule has 0 bridgehead atoms. The van der Waals surface area contributed by atoms with Gasteiger partial charge in [-0.3, -0.25) is 4.79 Å². The lowest BCUT2D eigenvalue weighted by Crippen LogP contribution is -2.26. The van der Waals surface area contributed by atoms with Gasteiger partial charge >= 0.3 is 0 Å². The molecule has 0 spiro atoms. The zero-order valence-corrected chi connectivity index (χ0v) is 11.7. The maximum atomic E-state index is 12.7. The van der Waals surface area contributed by atoms with Crippen LogP contribution in [0, 0.1) is 5.82 Å². The second-order valence-electron chi connectivity index (χ2n) is 3.97. The van der Waals surface area contributed by atoms with E-state index in [4.69, 9.17) is 0 Å². The molecule has 19 heavy (non-hydrogen) atoms. The van der Waals surface area contributed by atoms with Crippen molar-refractivity contribution in [3.05, 3.63) is 64.1 Å². The molecule has 0 unspecified atom stereocenters. The number of hydrogen-bond acceptors (Lipinski definition) is 2.